The zero-order chi connectivity index (χ0) is 19.8. The van der Waals surface area contributed by atoms with Crippen LogP contribution in [0.5, 0.6) is 11.5 Å². The van der Waals surface area contributed by atoms with E-state index in [4.69, 9.17) is 21.1 Å². The van der Waals surface area contributed by atoms with Crippen LogP contribution in [0.3, 0.4) is 0 Å². The number of nitrogens with zero attached hydrogens (tertiary/aromatic N) is 2. The molecule has 1 aliphatic rings. The summed E-state index contributed by atoms with van der Waals surface area (Å²) in [6, 6.07) is 7.56. The van der Waals surface area contributed by atoms with Crippen molar-refractivity contribution in [2.45, 2.75) is 24.3 Å². The van der Waals surface area contributed by atoms with Crippen LogP contribution in [0.15, 0.2) is 40.0 Å². The maximum atomic E-state index is 12.9. The van der Waals surface area contributed by atoms with E-state index in [0.717, 1.165) is 5.69 Å². The number of pyridine rings is 1. The Morgan fingerprint density at radius 1 is 1.22 bits per heavy atom. The van der Waals surface area contributed by atoms with Crippen molar-refractivity contribution in [1.82, 2.24) is 8.87 Å². The molecular formula is C18H21ClN2O5S. The number of halogens is 1. The van der Waals surface area contributed by atoms with Gasteiger partial charge in [0.15, 0.2) is 0 Å². The predicted molar refractivity (Wildman–Crippen MR) is 102 cm³/mol. The van der Waals surface area contributed by atoms with E-state index >= 15 is 0 Å². The summed E-state index contributed by atoms with van der Waals surface area (Å²) in [5, 5.41) is 0.237. The van der Waals surface area contributed by atoms with Crippen LogP contribution >= 0.6 is 11.6 Å². The van der Waals surface area contributed by atoms with E-state index in [-0.39, 0.29) is 28.1 Å². The highest BCUT2D eigenvalue weighted by Crippen LogP contribution is 2.30. The second kappa shape index (κ2) is 7.53. The molecule has 2 heterocycles. The quantitative estimate of drug-likeness (QED) is 0.752. The minimum atomic E-state index is -3.69. The van der Waals surface area contributed by atoms with Gasteiger partial charge in [0.05, 0.1) is 23.6 Å². The molecule has 0 spiro atoms. The molecule has 3 rings (SSSR count). The Hall–Kier alpha value is -2.03. The molecule has 2 aromatic rings. The standard InChI is InChI=1S/C18H21ClN2O5S/c1-12-8-14(9-18(22)20(12)2)26-13-6-7-21(11-13)27(23,24)15-4-5-17(25-3)16(19)10-15/h4-5,8-10,13H,6-7,11H2,1-3H3. The number of rotatable bonds is 5. The number of benzene rings is 1. The van der Waals surface area contributed by atoms with E-state index in [1.165, 1.54) is 40.2 Å². The van der Waals surface area contributed by atoms with Gasteiger partial charge < -0.3 is 14.0 Å². The minimum absolute atomic E-state index is 0.110. The first-order valence-corrected chi connectivity index (χ1v) is 10.2. The Labute approximate surface area is 163 Å². The van der Waals surface area contributed by atoms with Gasteiger partial charge in [-0.3, -0.25) is 4.79 Å². The van der Waals surface area contributed by atoms with Gasteiger partial charge in [-0.05, 0) is 37.6 Å². The fourth-order valence-corrected chi connectivity index (χ4v) is 4.80. The van der Waals surface area contributed by atoms with Crippen LogP contribution in [0, 0.1) is 6.92 Å². The van der Waals surface area contributed by atoms with Gasteiger partial charge in [0, 0.05) is 25.4 Å². The lowest BCUT2D eigenvalue weighted by molar-refractivity contribution is 0.214. The van der Waals surface area contributed by atoms with Crippen molar-refractivity contribution < 1.29 is 17.9 Å². The monoisotopic (exact) mass is 412 g/mol. The molecule has 9 heteroatoms. The summed E-state index contributed by atoms with van der Waals surface area (Å²) in [5.74, 6) is 0.867. The summed E-state index contributed by atoms with van der Waals surface area (Å²) in [7, 11) is -0.532. The van der Waals surface area contributed by atoms with Crippen molar-refractivity contribution in [3.05, 3.63) is 51.4 Å². The summed E-state index contributed by atoms with van der Waals surface area (Å²) in [4.78, 5) is 12.0. The number of hydrogen-bond donors (Lipinski definition) is 0. The van der Waals surface area contributed by atoms with E-state index in [9.17, 15) is 13.2 Å². The summed E-state index contributed by atoms with van der Waals surface area (Å²) in [6.07, 6.45) is 0.220. The maximum absolute atomic E-state index is 12.9. The second-order valence-corrected chi connectivity index (χ2v) is 8.76. The van der Waals surface area contributed by atoms with Gasteiger partial charge in [-0.1, -0.05) is 11.6 Å². The summed E-state index contributed by atoms with van der Waals surface area (Å²) >= 11 is 6.06. The number of sulfonamides is 1. The largest absolute Gasteiger partial charge is 0.495 e. The summed E-state index contributed by atoms with van der Waals surface area (Å²) < 4.78 is 39.5. The molecule has 0 aliphatic carbocycles. The first kappa shape index (κ1) is 19.7. The van der Waals surface area contributed by atoms with Gasteiger partial charge in [0.2, 0.25) is 10.0 Å². The van der Waals surface area contributed by atoms with E-state index in [0.29, 0.717) is 24.5 Å². The lowest BCUT2D eigenvalue weighted by Crippen LogP contribution is -2.31. The van der Waals surface area contributed by atoms with Crippen LogP contribution in [0.1, 0.15) is 12.1 Å². The van der Waals surface area contributed by atoms with Gasteiger partial charge >= 0.3 is 0 Å². The molecule has 146 valence electrons. The van der Waals surface area contributed by atoms with Crippen LogP contribution in [0.2, 0.25) is 5.02 Å². The molecule has 1 aliphatic heterocycles. The topological polar surface area (TPSA) is 77.8 Å². The number of aromatic nitrogens is 1. The molecule has 0 amide bonds. The highest BCUT2D eigenvalue weighted by molar-refractivity contribution is 7.89. The zero-order valence-electron chi connectivity index (χ0n) is 15.3. The van der Waals surface area contributed by atoms with Crippen LogP contribution in [0.4, 0.5) is 0 Å². The Morgan fingerprint density at radius 3 is 2.59 bits per heavy atom. The smallest absolute Gasteiger partial charge is 0.254 e. The third kappa shape index (κ3) is 3.97. The molecule has 1 unspecified atom stereocenters. The average Bonchev–Trinajstić information content (AvgIpc) is 3.08. The minimum Gasteiger partial charge on any atom is -0.495 e. The molecule has 0 N–H and O–H groups in total. The van der Waals surface area contributed by atoms with Gasteiger partial charge in [-0.2, -0.15) is 4.31 Å². The van der Waals surface area contributed by atoms with Crippen molar-refractivity contribution in [3.8, 4) is 11.5 Å². The number of methoxy groups -OCH3 is 1. The molecule has 1 saturated heterocycles. The van der Waals surface area contributed by atoms with Crippen molar-refractivity contribution in [1.29, 1.82) is 0 Å². The highest BCUT2D eigenvalue weighted by Gasteiger charge is 2.34. The van der Waals surface area contributed by atoms with Gasteiger partial charge in [-0.25, -0.2) is 8.42 Å². The second-order valence-electron chi connectivity index (χ2n) is 6.42. The summed E-state index contributed by atoms with van der Waals surface area (Å²) in [6.45, 7) is 2.35. The fourth-order valence-electron chi connectivity index (χ4n) is 2.97. The molecule has 7 nitrogen and oxygen atoms in total. The molecule has 0 radical (unpaired) electrons. The molecule has 0 bridgehead atoms. The number of aryl methyl sites for hydroxylation is 1. The molecule has 1 aromatic heterocycles. The molecule has 27 heavy (non-hydrogen) atoms. The third-order valence-corrected chi connectivity index (χ3v) is 6.80. The number of hydrogen-bond acceptors (Lipinski definition) is 5. The maximum Gasteiger partial charge on any atom is 0.254 e. The van der Waals surface area contributed by atoms with Crippen LogP contribution in [-0.2, 0) is 17.1 Å². The SMILES string of the molecule is COc1ccc(S(=O)(=O)N2CCC(Oc3cc(C)n(C)c(=O)c3)C2)cc1Cl. The first-order valence-electron chi connectivity index (χ1n) is 8.40. The van der Waals surface area contributed by atoms with Crippen molar-refractivity contribution in [3.63, 3.8) is 0 Å². The zero-order valence-corrected chi connectivity index (χ0v) is 16.9. The molecule has 1 aromatic carbocycles. The first-order chi connectivity index (χ1) is 12.7. The molecule has 1 fully saturated rings. The van der Waals surface area contributed by atoms with E-state index in [1.54, 1.807) is 13.1 Å². The van der Waals surface area contributed by atoms with Gasteiger partial charge in [0.25, 0.3) is 5.56 Å². The lowest BCUT2D eigenvalue weighted by atomic mass is 10.3. The highest BCUT2D eigenvalue weighted by atomic mass is 35.5. The Bertz CT molecular complexity index is 1020. The lowest BCUT2D eigenvalue weighted by Gasteiger charge is -2.18. The Morgan fingerprint density at radius 2 is 1.96 bits per heavy atom. The van der Waals surface area contributed by atoms with E-state index < -0.39 is 10.0 Å². The van der Waals surface area contributed by atoms with E-state index in [2.05, 4.69) is 0 Å². The van der Waals surface area contributed by atoms with Crippen LogP contribution in [-0.4, -0.2) is 43.6 Å². The van der Waals surface area contributed by atoms with Crippen LogP contribution < -0.4 is 15.0 Å². The Kier molecular flexibility index (Phi) is 5.50. The van der Waals surface area contributed by atoms with Crippen molar-refractivity contribution in [2.24, 2.45) is 7.05 Å². The predicted octanol–water partition coefficient (Wildman–Crippen LogP) is 2.20. The Balaban J connectivity index is 1.75. The van der Waals surface area contributed by atoms with E-state index in [1.807, 2.05) is 6.92 Å². The average molecular weight is 413 g/mol. The third-order valence-electron chi connectivity index (χ3n) is 4.65. The molecule has 0 saturated carbocycles. The van der Waals surface area contributed by atoms with Crippen molar-refractivity contribution in [2.75, 3.05) is 20.2 Å². The van der Waals surface area contributed by atoms with Crippen LogP contribution in [0.25, 0.3) is 0 Å². The van der Waals surface area contributed by atoms with Crippen molar-refractivity contribution >= 4 is 21.6 Å². The molecule has 1 atom stereocenters. The number of ether oxygens (including phenoxy) is 2. The van der Waals surface area contributed by atoms with Gasteiger partial charge in [-0.15, -0.1) is 0 Å². The normalized spacial score (nSPS) is 17.9. The van der Waals surface area contributed by atoms with Gasteiger partial charge in [0.1, 0.15) is 17.6 Å². The summed E-state index contributed by atoms with van der Waals surface area (Å²) in [5.41, 5.74) is 0.605. The fraction of sp³-hybridized carbons (Fsp3) is 0.389. The molecular weight excluding hydrogens is 392 g/mol.